The fourth-order valence-electron chi connectivity index (χ4n) is 1.98. The molecule has 6 heteroatoms. The Morgan fingerprint density at radius 1 is 1.59 bits per heavy atom. The lowest BCUT2D eigenvalue weighted by Gasteiger charge is -2.09. The normalized spacial score (nSPS) is 13.9. The van der Waals surface area contributed by atoms with Gasteiger partial charge in [-0.15, -0.1) is 0 Å². The number of fused-ring (bicyclic) bond motifs is 1. The van der Waals surface area contributed by atoms with Gasteiger partial charge in [0.2, 0.25) is 0 Å². The van der Waals surface area contributed by atoms with E-state index in [-0.39, 0.29) is 0 Å². The number of amides is 1. The number of hydrogen-bond donors (Lipinski definition) is 1. The van der Waals surface area contributed by atoms with Crippen molar-refractivity contribution in [1.29, 1.82) is 0 Å². The molecule has 0 fully saturated rings. The summed E-state index contributed by atoms with van der Waals surface area (Å²) in [6.45, 7) is 2.89. The molecule has 0 spiro atoms. The van der Waals surface area contributed by atoms with Gasteiger partial charge in [-0.05, 0) is 18.1 Å². The summed E-state index contributed by atoms with van der Waals surface area (Å²) in [4.78, 5) is 16.6. The largest absolute Gasteiger partial charge is 0.465 e. The molecule has 2 rings (SSSR count). The van der Waals surface area contributed by atoms with Gasteiger partial charge in [-0.2, -0.15) is 0 Å². The van der Waals surface area contributed by atoms with Crippen molar-refractivity contribution in [2.45, 2.75) is 26.6 Å². The van der Waals surface area contributed by atoms with Crippen LogP contribution in [0.3, 0.4) is 0 Å². The smallest absolute Gasteiger partial charge is 0.407 e. The molecule has 0 atom stereocenters. The summed E-state index contributed by atoms with van der Waals surface area (Å²) < 4.78 is 5.02. The molecule has 1 aliphatic heterocycles. The van der Waals surface area contributed by atoms with Crippen molar-refractivity contribution in [3.05, 3.63) is 27.5 Å². The molecule has 0 bridgehead atoms. The van der Waals surface area contributed by atoms with E-state index in [1.54, 1.807) is 7.11 Å². The Balaban J connectivity index is 2.41. The van der Waals surface area contributed by atoms with Gasteiger partial charge in [0.1, 0.15) is 0 Å². The lowest BCUT2D eigenvalue weighted by Crippen LogP contribution is -2.22. The molecule has 1 aliphatic rings. The molecule has 2 heterocycles. The second-order valence-electron chi connectivity index (χ2n) is 3.99. The first-order valence-corrected chi connectivity index (χ1v) is 5.56. The van der Waals surface area contributed by atoms with Crippen molar-refractivity contribution in [2.24, 2.45) is 0 Å². The van der Waals surface area contributed by atoms with Crippen LogP contribution in [0.2, 0.25) is 5.02 Å². The molecule has 1 N–H and O–H groups in total. The maximum absolute atomic E-state index is 10.9. The number of hydrogen-bond acceptors (Lipinski definition) is 3. The van der Waals surface area contributed by atoms with E-state index >= 15 is 0 Å². The Morgan fingerprint density at radius 2 is 2.29 bits per heavy atom. The van der Waals surface area contributed by atoms with E-state index in [4.69, 9.17) is 21.4 Å². The second kappa shape index (κ2) is 4.50. The van der Waals surface area contributed by atoms with Crippen molar-refractivity contribution >= 4 is 17.7 Å². The van der Waals surface area contributed by atoms with E-state index in [1.165, 1.54) is 4.90 Å². The summed E-state index contributed by atoms with van der Waals surface area (Å²) in [5.74, 6) is 0. The minimum Gasteiger partial charge on any atom is -0.465 e. The van der Waals surface area contributed by atoms with Gasteiger partial charge in [0, 0.05) is 7.11 Å². The highest BCUT2D eigenvalue weighted by Gasteiger charge is 2.27. The maximum atomic E-state index is 10.9. The highest BCUT2D eigenvalue weighted by molar-refractivity contribution is 6.32. The number of methoxy groups -OCH3 is 1. The lowest BCUT2D eigenvalue weighted by molar-refractivity contribution is 0.144. The van der Waals surface area contributed by atoms with Gasteiger partial charge in [-0.25, -0.2) is 4.79 Å². The average molecular weight is 257 g/mol. The Kier molecular flexibility index (Phi) is 3.22. The van der Waals surface area contributed by atoms with Crippen LogP contribution in [0.4, 0.5) is 4.79 Å². The van der Waals surface area contributed by atoms with Crippen LogP contribution in [0.25, 0.3) is 0 Å². The summed E-state index contributed by atoms with van der Waals surface area (Å²) in [6.07, 6.45) is -0.938. The zero-order valence-corrected chi connectivity index (χ0v) is 10.4. The third-order valence-electron chi connectivity index (χ3n) is 2.89. The number of aromatic nitrogens is 1. The second-order valence-corrected chi connectivity index (χ2v) is 4.37. The van der Waals surface area contributed by atoms with Crippen LogP contribution in [-0.4, -0.2) is 28.2 Å². The number of rotatable bonds is 2. The Hall–Kier alpha value is -1.33. The predicted molar refractivity (Wildman–Crippen MR) is 62.0 cm³/mol. The molecule has 92 valence electrons. The zero-order chi connectivity index (χ0) is 12.6. The molecule has 0 saturated carbocycles. The highest BCUT2D eigenvalue weighted by atomic mass is 35.5. The third kappa shape index (κ3) is 2.08. The van der Waals surface area contributed by atoms with E-state index in [1.807, 2.05) is 6.92 Å². The fourth-order valence-corrected chi connectivity index (χ4v) is 2.19. The van der Waals surface area contributed by atoms with E-state index < -0.39 is 6.09 Å². The molecule has 0 unspecified atom stereocenters. The summed E-state index contributed by atoms with van der Waals surface area (Å²) in [6, 6.07) is 0. The van der Waals surface area contributed by atoms with E-state index in [9.17, 15) is 4.79 Å². The van der Waals surface area contributed by atoms with Gasteiger partial charge in [-0.3, -0.25) is 9.88 Å². The number of carbonyl (C=O) groups is 1. The van der Waals surface area contributed by atoms with Gasteiger partial charge >= 0.3 is 6.09 Å². The van der Waals surface area contributed by atoms with Crippen molar-refractivity contribution in [2.75, 3.05) is 7.11 Å². The number of ether oxygens (including phenoxy) is 1. The standard InChI is InChI=1S/C11H13ClN2O3/c1-6-7-3-14(11(15)16)4-8(7)13-9(5-17-2)10(6)12/h3-5H2,1-2H3,(H,15,16). The van der Waals surface area contributed by atoms with Crippen LogP contribution in [0.5, 0.6) is 0 Å². The summed E-state index contributed by atoms with van der Waals surface area (Å²) in [7, 11) is 1.57. The van der Waals surface area contributed by atoms with Crippen LogP contribution in [0.15, 0.2) is 0 Å². The predicted octanol–water partition coefficient (Wildman–Crippen LogP) is 2.18. The zero-order valence-electron chi connectivity index (χ0n) is 9.66. The molecule has 1 aromatic heterocycles. The molecule has 0 saturated heterocycles. The Labute approximate surface area is 104 Å². The van der Waals surface area contributed by atoms with Gasteiger partial charge in [0.15, 0.2) is 0 Å². The molecular weight excluding hydrogens is 244 g/mol. The van der Waals surface area contributed by atoms with Crippen molar-refractivity contribution < 1.29 is 14.6 Å². The molecule has 1 aromatic rings. The SMILES string of the molecule is COCc1nc2c(c(C)c1Cl)CN(C(=O)O)C2. The van der Waals surface area contributed by atoms with Crippen LogP contribution < -0.4 is 0 Å². The number of halogens is 1. The third-order valence-corrected chi connectivity index (χ3v) is 3.40. The monoisotopic (exact) mass is 256 g/mol. The summed E-state index contributed by atoms with van der Waals surface area (Å²) in [5, 5.41) is 9.53. The molecular formula is C11H13ClN2O3. The molecule has 0 radical (unpaired) electrons. The highest BCUT2D eigenvalue weighted by Crippen LogP contribution is 2.31. The maximum Gasteiger partial charge on any atom is 0.407 e. The van der Waals surface area contributed by atoms with Crippen LogP contribution in [-0.2, 0) is 24.4 Å². The topological polar surface area (TPSA) is 62.7 Å². The minimum atomic E-state index is -0.938. The average Bonchev–Trinajstić information content (AvgIpc) is 2.70. The van der Waals surface area contributed by atoms with E-state index in [0.29, 0.717) is 30.4 Å². The first kappa shape index (κ1) is 12.1. The molecule has 0 aliphatic carbocycles. The van der Waals surface area contributed by atoms with Gasteiger partial charge in [0.25, 0.3) is 0 Å². The molecule has 1 amide bonds. The Bertz CT molecular complexity index is 476. The quantitative estimate of drug-likeness (QED) is 0.881. The van der Waals surface area contributed by atoms with E-state index in [2.05, 4.69) is 4.98 Å². The van der Waals surface area contributed by atoms with Gasteiger partial charge in [0.05, 0.1) is 36.1 Å². The molecule has 17 heavy (non-hydrogen) atoms. The summed E-state index contributed by atoms with van der Waals surface area (Å²) in [5.41, 5.74) is 3.25. The molecule has 0 aromatic carbocycles. The summed E-state index contributed by atoms with van der Waals surface area (Å²) >= 11 is 6.17. The Morgan fingerprint density at radius 3 is 2.88 bits per heavy atom. The lowest BCUT2D eigenvalue weighted by atomic mass is 10.1. The van der Waals surface area contributed by atoms with Crippen LogP contribution >= 0.6 is 11.6 Å². The number of pyridine rings is 1. The van der Waals surface area contributed by atoms with Crippen molar-refractivity contribution in [3.8, 4) is 0 Å². The fraction of sp³-hybridized carbons (Fsp3) is 0.455. The molecule has 5 nitrogen and oxygen atoms in total. The van der Waals surface area contributed by atoms with Crippen LogP contribution in [0.1, 0.15) is 22.5 Å². The number of carboxylic acid groups (broad SMARTS) is 1. The minimum absolute atomic E-state index is 0.319. The first-order chi connectivity index (χ1) is 8.04. The van der Waals surface area contributed by atoms with Crippen LogP contribution in [0, 0.1) is 6.92 Å². The van der Waals surface area contributed by atoms with Crippen molar-refractivity contribution in [1.82, 2.24) is 9.88 Å². The number of nitrogens with zero attached hydrogens (tertiary/aromatic N) is 2. The van der Waals surface area contributed by atoms with Gasteiger partial charge < -0.3 is 9.84 Å². The van der Waals surface area contributed by atoms with Crippen molar-refractivity contribution in [3.63, 3.8) is 0 Å². The van der Waals surface area contributed by atoms with E-state index in [0.717, 1.165) is 16.8 Å². The first-order valence-electron chi connectivity index (χ1n) is 5.18. The van der Waals surface area contributed by atoms with Gasteiger partial charge in [-0.1, -0.05) is 11.6 Å².